The van der Waals surface area contributed by atoms with E-state index in [4.69, 9.17) is 5.11 Å². The Balaban J connectivity index is 1.97. The van der Waals surface area contributed by atoms with Gasteiger partial charge in [0.05, 0.1) is 6.20 Å². The summed E-state index contributed by atoms with van der Waals surface area (Å²) in [4.78, 5) is 30.0. The number of carbonyl (C=O) groups excluding carboxylic acids is 1. The Morgan fingerprint density at radius 3 is 2.50 bits per heavy atom. The fraction of sp³-hybridized carbons (Fsp3) is 0.143. The van der Waals surface area contributed by atoms with E-state index in [0.29, 0.717) is 12.1 Å². The summed E-state index contributed by atoms with van der Waals surface area (Å²) in [5.74, 6) is -1.17. The zero-order chi connectivity index (χ0) is 14.4. The smallest absolute Gasteiger partial charge is 0.303 e. The molecule has 2 aromatic rings. The molecule has 0 atom stereocenters. The third-order valence-corrected chi connectivity index (χ3v) is 2.64. The number of anilines is 1. The monoisotopic (exact) mass is 271 g/mol. The van der Waals surface area contributed by atoms with Crippen molar-refractivity contribution in [1.29, 1.82) is 0 Å². The second-order valence-electron chi connectivity index (χ2n) is 4.14. The first kappa shape index (κ1) is 13.7. The van der Waals surface area contributed by atoms with Crippen LogP contribution in [0, 0.1) is 0 Å². The molecule has 0 aliphatic carbocycles. The molecule has 0 unspecified atom stereocenters. The van der Waals surface area contributed by atoms with Gasteiger partial charge >= 0.3 is 5.97 Å². The molecule has 0 radical (unpaired) electrons. The number of nitrogens with zero attached hydrogens (tertiary/aromatic N) is 2. The van der Waals surface area contributed by atoms with Gasteiger partial charge in [0.2, 0.25) is 0 Å². The van der Waals surface area contributed by atoms with E-state index in [-0.39, 0.29) is 18.0 Å². The van der Waals surface area contributed by atoms with Crippen LogP contribution in [0.2, 0.25) is 0 Å². The van der Waals surface area contributed by atoms with Crippen LogP contribution in [0.3, 0.4) is 0 Å². The van der Waals surface area contributed by atoms with Crippen LogP contribution in [-0.2, 0) is 11.2 Å². The van der Waals surface area contributed by atoms with Crippen LogP contribution in [0.5, 0.6) is 0 Å². The number of hydrogen-bond acceptors (Lipinski definition) is 4. The van der Waals surface area contributed by atoms with Gasteiger partial charge in [-0.1, -0.05) is 12.1 Å². The lowest BCUT2D eigenvalue weighted by molar-refractivity contribution is -0.136. The quantitative estimate of drug-likeness (QED) is 0.864. The van der Waals surface area contributed by atoms with E-state index in [1.807, 2.05) is 0 Å². The van der Waals surface area contributed by atoms with Gasteiger partial charge in [-0.25, -0.2) is 4.98 Å². The Kier molecular flexibility index (Phi) is 4.39. The molecule has 0 bridgehead atoms. The molecule has 0 aliphatic heterocycles. The molecule has 102 valence electrons. The largest absolute Gasteiger partial charge is 0.481 e. The van der Waals surface area contributed by atoms with Crippen LogP contribution >= 0.6 is 0 Å². The van der Waals surface area contributed by atoms with Crippen LogP contribution < -0.4 is 5.32 Å². The number of carboxylic acids is 1. The molecule has 6 nitrogen and oxygen atoms in total. The molecule has 2 rings (SSSR count). The van der Waals surface area contributed by atoms with Crippen molar-refractivity contribution in [3.8, 4) is 0 Å². The van der Waals surface area contributed by atoms with Crippen molar-refractivity contribution < 1.29 is 14.7 Å². The molecule has 1 aromatic carbocycles. The zero-order valence-corrected chi connectivity index (χ0v) is 10.6. The molecule has 20 heavy (non-hydrogen) atoms. The van der Waals surface area contributed by atoms with Gasteiger partial charge in [-0.05, 0) is 24.1 Å². The van der Waals surface area contributed by atoms with E-state index >= 15 is 0 Å². The van der Waals surface area contributed by atoms with Crippen molar-refractivity contribution >= 4 is 17.6 Å². The molecule has 0 saturated heterocycles. The first-order valence-electron chi connectivity index (χ1n) is 6.03. The van der Waals surface area contributed by atoms with Gasteiger partial charge in [-0.15, -0.1) is 0 Å². The Morgan fingerprint density at radius 2 is 1.90 bits per heavy atom. The van der Waals surface area contributed by atoms with Gasteiger partial charge in [0.15, 0.2) is 0 Å². The number of rotatable bonds is 5. The number of carbonyl (C=O) groups is 2. The highest BCUT2D eigenvalue weighted by Gasteiger charge is 2.07. The maximum atomic E-state index is 11.8. The summed E-state index contributed by atoms with van der Waals surface area (Å²) >= 11 is 0. The van der Waals surface area contributed by atoms with Crippen molar-refractivity contribution in [2.24, 2.45) is 0 Å². The van der Waals surface area contributed by atoms with Gasteiger partial charge in [-0.3, -0.25) is 14.6 Å². The molecule has 1 aromatic heterocycles. The third kappa shape index (κ3) is 3.88. The number of benzene rings is 1. The minimum absolute atomic E-state index is 0.0886. The molecule has 2 N–H and O–H groups in total. The number of aryl methyl sites for hydroxylation is 1. The normalized spacial score (nSPS) is 10.0. The maximum Gasteiger partial charge on any atom is 0.303 e. The molecule has 0 spiro atoms. The average Bonchev–Trinajstić information content (AvgIpc) is 2.47. The number of nitrogens with one attached hydrogen (secondary N) is 1. The molecule has 1 amide bonds. The number of aliphatic carboxylic acids is 1. The number of hydrogen-bond donors (Lipinski definition) is 2. The van der Waals surface area contributed by atoms with Crippen molar-refractivity contribution in [3.05, 3.63) is 54.1 Å². The van der Waals surface area contributed by atoms with E-state index in [9.17, 15) is 9.59 Å². The fourth-order valence-corrected chi connectivity index (χ4v) is 1.62. The molecular formula is C14H13N3O3. The second kappa shape index (κ2) is 6.42. The first-order valence-corrected chi connectivity index (χ1v) is 6.03. The zero-order valence-electron chi connectivity index (χ0n) is 10.6. The van der Waals surface area contributed by atoms with E-state index in [2.05, 4.69) is 15.3 Å². The molecule has 0 saturated carbocycles. The highest BCUT2D eigenvalue weighted by molar-refractivity contribution is 6.02. The molecule has 0 aliphatic rings. The summed E-state index contributed by atoms with van der Waals surface area (Å²) in [6.45, 7) is 0. The highest BCUT2D eigenvalue weighted by Crippen LogP contribution is 2.12. The maximum absolute atomic E-state index is 11.8. The third-order valence-electron chi connectivity index (χ3n) is 2.64. The SMILES string of the molecule is O=C(O)CCc1ccc(NC(=O)c2cnccn2)cc1. The lowest BCUT2D eigenvalue weighted by Gasteiger charge is -2.05. The lowest BCUT2D eigenvalue weighted by Crippen LogP contribution is -2.13. The van der Waals surface area contributed by atoms with E-state index in [1.165, 1.54) is 18.6 Å². The van der Waals surface area contributed by atoms with Crippen molar-refractivity contribution in [2.75, 3.05) is 5.32 Å². The summed E-state index contributed by atoms with van der Waals surface area (Å²) in [6.07, 6.45) is 4.88. The van der Waals surface area contributed by atoms with Gasteiger partial charge in [0.1, 0.15) is 5.69 Å². The van der Waals surface area contributed by atoms with Crippen LogP contribution in [0.15, 0.2) is 42.9 Å². The highest BCUT2D eigenvalue weighted by atomic mass is 16.4. The lowest BCUT2D eigenvalue weighted by atomic mass is 10.1. The average molecular weight is 271 g/mol. The Hall–Kier alpha value is -2.76. The van der Waals surface area contributed by atoms with Gasteiger partial charge in [0.25, 0.3) is 5.91 Å². The van der Waals surface area contributed by atoms with Gasteiger partial charge in [-0.2, -0.15) is 0 Å². The summed E-state index contributed by atoms with van der Waals surface area (Å²) in [5.41, 5.74) is 1.77. The van der Waals surface area contributed by atoms with E-state index in [0.717, 1.165) is 5.56 Å². The number of aromatic nitrogens is 2. The number of carboxylic acid groups (broad SMARTS) is 1. The van der Waals surface area contributed by atoms with Gasteiger partial charge in [0, 0.05) is 24.5 Å². The minimum atomic E-state index is -0.829. The summed E-state index contributed by atoms with van der Waals surface area (Å²) < 4.78 is 0. The summed E-state index contributed by atoms with van der Waals surface area (Å²) in [7, 11) is 0. The first-order chi connectivity index (χ1) is 9.65. The number of amides is 1. The Bertz CT molecular complexity index is 597. The summed E-state index contributed by atoms with van der Waals surface area (Å²) in [6, 6.07) is 7.03. The molecule has 6 heteroatoms. The molecular weight excluding hydrogens is 258 g/mol. The molecule has 0 fully saturated rings. The van der Waals surface area contributed by atoms with E-state index in [1.54, 1.807) is 24.3 Å². The Labute approximate surface area is 115 Å². The van der Waals surface area contributed by atoms with Crippen molar-refractivity contribution in [3.63, 3.8) is 0 Å². The summed E-state index contributed by atoms with van der Waals surface area (Å²) in [5, 5.41) is 11.3. The van der Waals surface area contributed by atoms with Crippen LogP contribution in [0.1, 0.15) is 22.5 Å². The van der Waals surface area contributed by atoms with Crippen molar-refractivity contribution in [1.82, 2.24) is 9.97 Å². The van der Waals surface area contributed by atoms with Crippen LogP contribution in [-0.4, -0.2) is 27.0 Å². The van der Waals surface area contributed by atoms with Crippen LogP contribution in [0.25, 0.3) is 0 Å². The van der Waals surface area contributed by atoms with E-state index < -0.39 is 5.97 Å². The van der Waals surface area contributed by atoms with Crippen LogP contribution in [0.4, 0.5) is 5.69 Å². The molecule has 1 heterocycles. The topological polar surface area (TPSA) is 92.2 Å². The second-order valence-corrected chi connectivity index (χ2v) is 4.14. The standard InChI is InChI=1S/C14H13N3O3/c18-13(19)6-3-10-1-4-11(5-2-10)17-14(20)12-9-15-7-8-16-12/h1-2,4-5,7-9H,3,6H2,(H,17,20)(H,18,19). The minimum Gasteiger partial charge on any atom is -0.481 e. The Morgan fingerprint density at radius 1 is 1.15 bits per heavy atom. The predicted molar refractivity (Wildman–Crippen MR) is 72.4 cm³/mol. The van der Waals surface area contributed by atoms with Crippen molar-refractivity contribution in [2.45, 2.75) is 12.8 Å². The van der Waals surface area contributed by atoms with Gasteiger partial charge < -0.3 is 10.4 Å². The predicted octanol–water partition coefficient (Wildman–Crippen LogP) is 1.75. The fourth-order valence-electron chi connectivity index (χ4n) is 1.62.